The zero-order chi connectivity index (χ0) is 34.3. The zero-order valence-corrected chi connectivity index (χ0v) is 30.0. The molecule has 46 heavy (non-hydrogen) atoms. The van der Waals surface area contributed by atoms with Crippen molar-refractivity contribution in [2.24, 2.45) is 0 Å². The van der Waals surface area contributed by atoms with Crippen LogP contribution in [0.2, 0.25) is 0 Å². The number of hydrogen-bond donors (Lipinski definition) is 0. The maximum absolute atomic E-state index is 12.6. The van der Waals surface area contributed by atoms with Crippen LogP contribution >= 0.6 is 0 Å². The van der Waals surface area contributed by atoms with Crippen LogP contribution in [0, 0.1) is 0 Å². The normalized spacial score (nSPS) is 13.5. The highest BCUT2D eigenvalue weighted by Crippen LogP contribution is 2.12. The monoisotopic (exact) mass is 649 g/mol. The highest BCUT2D eigenvalue weighted by Gasteiger charge is 2.25. The number of aliphatic carboxylic acids is 1. The summed E-state index contributed by atoms with van der Waals surface area (Å²) in [6.45, 7) is 4.46. The first-order chi connectivity index (χ1) is 22.1. The molecule has 0 aliphatic carbocycles. The van der Waals surface area contributed by atoms with Crippen molar-refractivity contribution in [2.75, 3.05) is 41.0 Å². The minimum atomic E-state index is -1.13. The molecule has 8 heteroatoms. The summed E-state index contributed by atoms with van der Waals surface area (Å²) in [7, 11) is 5.38. The summed E-state index contributed by atoms with van der Waals surface area (Å²) in [6.07, 6.45) is 30.4. The van der Waals surface area contributed by atoms with E-state index < -0.39 is 18.1 Å². The third kappa shape index (κ3) is 27.8. The SMILES string of the molecule is CC/C=C\C/C=C\C/C=C\CCCCCCCC(=O)OC(COCCC(C(=O)[O-])[N+](C)(C)C)COC(=O)CCCCCCCCC. The Bertz CT molecular complexity index is 860. The van der Waals surface area contributed by atoms with E-state index in [0.29, 0.717) is 12.8 Å². The molecule has 0 heterocycles. The summed E-state index contributed by atoms with van der Waals surface area (Å²) in [6, 6.07) is -0.725. The fourth-order valence-electron chi connectivity index (χ4n) is 4.97. The van der Waals surface area contributed by atoms with Crippen molar-refractivity contribution in [1.29, 1.82) is 0 Å². The number of rotatable bonds is 31. The molecule has 0 N–H and O–H groups in total. The molecule has 0 aliphatic heterocycles. The standard InChI is InChI=1S/C38H67NO7/c1-6-8-10-12-14-15-16-17-18-19-20-21-23-25-27-29-37(41)46-34(32-44-31-30-35(38(42)43)39(3,4)5)33-45-36(40)28-26-24-22-13-11-9-7-2/h8,10,14-15,17-18,34-35H,6-7,9,11-13,16,19-33H2,1-5H3/b10-8-,15-14-,18-17-. The second kappa shape index (κ2) is 29.9. The fourth-order valence-corrected chi connectivity index (χ4v) is 4.97. The van der Waals surface area contributed by atoms with Gasteiger partial charge in [-0.15, -0.1) is 0 Å². The Balaban J connectivity index is 4.44. The Hall–Kier alpha value is -2.45. The number of allylic oxidation sites excluding steroid dienone is 6. The second-order valence-corrected chi connectivity index (χ2v) is 13.1. The average Bonchev–Trinajstić information content (AvgIpc) is 3.00. The first-order valence-electron chi connectivity index (χ1n) is 18.0. The van der Waals surface area contributed by atoms with Gasteiger partial charge in [0.15, 0.2) is 6.10 Å². The molecule has 2 unspecified atom stereocenters. The number of ether oxygens (including phenoxy) is 3. The van der Waals surface area contributed by atoms with Crippen molar-refractivity contribution >= 4 is 17.9 Å². The van der Waals surface area contributed by atoms with Gasteiger partial charge in [-0.3, -0.25) is 9.59 Å². The number of likely N-dealkylation sites (N-methyl/N-ethyl adjacent to an activating group) is 1. The number of carbonyl (C=O) groups excluding carboxylic acids is 3. The summed E-state index contributed by atoms with van der Waals surface area (Å²) in [5.74, 6) is -1.77. The molecule has 0 aliphatic rings. The Kier molecular flexibility index (Phi) is 28.3. The van der Waals surface area contributed by atoms with Gasteiger partial charge < -0.3 is 28.6 Å². The van der Waals surface area contributed by atoms with Crippen LogP contribution in [0.1, 0.15) is 136 Å². The van der Waals surface area contributed by atoms with Crippen molar-refractivity contribution in [3.63, 3.8) is 0 Å². The van der Waals surface area contributed by atoms with Crippen LogP contribution in [0.25, 0.3) is 0 Å². The third-order valence-electron chi connectivity index (χ3n) is 7.79. The van der Waals surface area contributed by atoms with E-state index >= 15 is 0 Å². The number of carboxylic acid groups (broad SMARTS) is 1. The molecule has 0 amide bonds. The molecular weight excluding hydrogens is 582 g/mol. The molecule has 0 aromatic heterocycles. The number of carboxylic acids is 1. The first kappa shape index (κ1) is 43.5. The highest BCUT2D eigenvalue weighted by atomic mass is 16.6. The largest absolute Gasteiger partial charge is 0.544 e. The third-order valence-corrected chi connectivity index (χ3v) is 7.79. The molecule has 0 saturated heterocycles. The average molecular weight is 650 g/mol. The molecule has 0 aromatic rings. The van der Waals surface area contributed by atoms with Crippen molar-refractivity contribution in [2.45, 2.75) is 148 Å². The molecule has 0 saturated carbocycles. The van der Waals surface area contributed by atoms with Crippen LogP contribution in [0.4, 0.5) is 0 Å². The molecule has 0 aromatic carbocycles. The summed E-state index contributed by atoms with van der Waals surface area (Å²) >= 11 is 0. The molecular formula is C38H67NO7. The minimum absolute atomic E-state index is 0.0343. The van der Waals surface area contributed by atoms with Gasteiger partial charge in [-0.1, -0.05) is 108 Å². The van der Waals surface area contributed by atoms with Crippen molar-refractivity contribution in [1.82, 2.24) is 0 Å². The quantitative estimate of drug-likeness (QED) is 0.0334. The molecule has 0 fully saturated rings. The van der Waals surface area contributed by atoms with Gasteiger partial charge in [-0.05, 0) is 44.9 Å². The molecule has 266 valence electrons. The summed E-state index contributed by atoms with van der Waals surface area (Å²) in [5, 5.41) is 11.5. The van der Waals surface area contributed by atoms with Crippen LogP contribution in [-0.2, 0) is 28.6 Å². The maximum Gasteiger partial charge on any atom is 0.306 e. The smallest absolute Gasteiger partial charge is 0.306 e. The fraction of sp³-hybridized carbons (Fsp3) is 0.763. The predicted molar refractivity (Wildman–Crippen MR) is 185 cm³/mol. The van der Waals surface area contributed by atoms with E-state index in [0.717, 1.165) is 77.0 Å². The van der Waals surface area contributed by atoms with Crippen LogP contribution < -0.4 is 5.11 Å². The molecule has 0 spiro atoms. The van der Waals surface area contributed by atoms with E-state index in [-0.39, 0.29) is 42.7 Å². The van der Waals surface area contributed by atoms with Gasteiger partial charge in [0.05, 0.1) is 40.3 Å². The van der Waals surface area contributed by atoms with Gasteiger partial charge in [0, 0.05) is 19.3 Å². The van der Waals surface area contributed by atoms with Crippen LogP contribution in [-0.4, -0.2) is 75.5 Å². The molecule has 0 rings (SSSR count). The van der Waals surface area contributed by atoms with Gasteiger partial charge >= 0.3 is 11.9 Å². The van der Waals surface area contributed by atoms with Crippen molar-refractivity contribution in [3.05, 3.63) is 36.5 Å². The lowest BCUT2D eigenvalue weighted by Gasteiger charge is -2.34. The van der Waals surface area contributed by atoms with E-state index in [1.54, 1.807) is 21.1 Å². The number of quaternary nitrogens is 1. The van der Waals surface area contributed by atoms with Gasteiger partial charge in [-0.2, -0.15) is 0 Å². The van der Waals surface area contributed by atoms with Gasteiger partial charge in [0.2, 0.25) is 0 Å². The summed E-state index contributed by atoms with van der Waals surface area (Å²) in [5.41, 5.74) is 0. The summed E-state index contributed by atoms with van der Waals surface area (Å²) < 4.78 is 17.0. The van der Waals surface area contributed by atoms with Gasteiger partial charge in [0.25, 0.3) is 0 Å². The van der Waals surface area contributed by atoms with Gasteiger partial charge in [0.1, 0.15) is 12.6 Å². The Labute approximate surface area is 281 Å². The van der Waals surface area contributed by atoms with E-state index in [2.05, 4.69) is 50.3 Å². The van der Waals surface area contributed by atoms with Gasteiger partial charge in [-0.25, -0.2) is 0 Å². The first-order valence-corrected chi connectivity index (χ1v) is 18.0. The lowest BCUT2D eigenvalue weighted by Crippen LogP contribution is -2.55. The molecule has 0 bridgehead atoms. The molecule has 0 radical (unpaired) electrons. The van der Waals surface area contributed by atoms with Crippen molar-refractivity contribution in [3.8, 4) is 0 Å². The Morgan fingerprint density at radius 2 is 1.22 bits per heavy atom. The van der Waals surface area contributed by atoms with E-state index in [9.17, 15) is 19.5 Å². The zero-order valence-electron chi connectivity index (χ0n) is 30.0. The van der Waals surface area contributed by atoms with Crippen LogP contribution in [0.15, 0.2) is 36.5 Å². The number of hydrogen-bond acceptors (Lipinski definition) is 7. The lowest BCUT2D eigenvalue weighted by atomic mass is 10.1. The second-order valence-electron chi connectivity index (χ2n) is 13.1. The molecule has 2 atom stereocenters. The molecule has 8 nitrogen and oxygen atoms in total. The maximum atomic E-state index is 12.6. The number of carbonyl (C=O) groups is 3. The Morgan fingerprint density at radius 3 is 1.80 bits per heavy atom. The minimum Gasteiger partial charge on any atom is -0.544 e. The lowest BCUT2D eigenvalue weighted by molar-refractivity contribution is -0.889. The van der Waals surface area contributed by atoms with Crippen molar-refractivity contribution < 1.29 is 38.2 Å². The summed E-state index contributed by atoms with van der Waals surface area (Å²) in [4.78, 5) is 36.4. The topological polar surface area (TPSA) is 102 Å². The van der Waals surface area contributed by atoms with E-state index in [4.69, 9.17) is 14.2 Å². The Morgan fingerprint density at radius 1 is 0.674 bits per heavy atom. The van der Waals surface area contributed by atoms with Crippen LogP contribution in [0.5, 0.6) is 0 Å². The van der Waals surface area contributed by atoms with Crippen LogP contribution in [0.3, 0.4) is 0 Å². The number of nitrogens with zero attached hydrogens (tertiary/aromatic N) is 1. The predicted octanol–water partition coefficient (Wildman–Crippen LogP) is 7.40. The van der Waals surface area contributed by atoms with E-state index in [1.165, 1.54) is 25.7 Å². The highest BCUT2D eigenvalue weighted by molar-refractivity contribution is 5.70. The number of esters is 2. The number of unbranched alkanes of at least 4 members (excludes halogenated alkanes) is 11. The van der Waals surface area contributed by atoms with E-state index in [1.807, 2.05) is 0 Å².